The van der Waals surface area contributed by atoms with Crippen molar-refractivity contribution in [1.82, 2.24) is 9.71 Å². The summed E-state index contributed by atoms with van der Waals surface area (Å²) in [5, 5.41) is 12.8. The summed E-state index contributed by atoms with van der Waals surface area (Å²) in [5.74, 6) is -0.526. The molecule has 37 heavy (non-hydrogen) atoms. The standard InChI is InChI=1S/C27H23Cl2N3O4S/c28-22-7-4-8-23(29)26(22)37(35,36)32-24(27(33)34)16-18-10-12-20(13-11-18)21-6-3-5-19(15-21)17-31-25-9-1-2-14-30-25/h1-15,24,32H,16-17H2,(H,30,31)(H,33,34). The molecule has 190 valence electrons. The number of nitrogens with zero attached hydrogens (tertiary/aromatic N) is 1. The Kier molecular flexibility index (Phi) is 8.45. The van der Waals surface area contributed by atoms with E-state index in [2.05, 4.69) is 21.1 Å². The summed E-state index contributed by atoms with van der Waals surface area (Å²) in [5.41, 5.74) is 3.66. The zero-order valence-electron chi connectivity index (χ0n) is 19.4. The van der Waals surface area contributed by atoms with Crippen molar-refractivity contribution in [3.05, 3.63) is 112 Å². The van der Waals surface area contributed by atoms with Gasteiger partial charge in [0.05, 0.1) is 10.0 Å². The van der Waals surface area contributed by atoms with Crippen LogP contribution in [-0.2, 0) is 27.8 Å². The first-order valence-electron chi connectivity index (χ1n) is 11.3. The summed E-state index contributed by atoms with van der Waals surface area (Å²) in [6, 6.07) is 23.9. The fraction of sp³-hybridized carbons (Fsp3) is 0.111. The van der Waals surface area contributed by atoms with E-state index < -0.39 is 22.0 Å². The number of sulfonamides is 1. The van der Waals surface area contributed by atoms with Crippen LogP contribution in [0.3, 0.4) is 0 Å². The first-order valence-corrected chi connectivity index (χ1v) is 13.5. The Labute approximate surface area is 225 Å². The highest BCUT2D eigenvalue weighted by Crippen LogP contribution is 2.29. The third-order valence-electron chi connectivity index (χ3n) is 5.58. The number of hydrogen-bond donors (Lipinski definition) is 3. The number of nitrogens with one attached hydrogen (secondary N) is 2. The summed E-state index contributed by atoms with van der Waals surface area (Å²) in [6.07, 6.45) is 1.66. The lowest BCUT2D eigenvalue weighted by molar-refractivity contribution is -0.138. The molecular formula is C27H23Cl2N3O4S. The van der Waals surface area contributed by atoms with Gasteiger partial charge in [-0.3, -0.25) is 4.79 Å². The van der Waals surface area contributed by atoms with Crippen LogP contribution < -0.4 is 10.0 Å². The Hall–Kier alpha value is -3.43. The van der Waals surface area contributed by atoms with E-state index >= 15 is 0 Å². The van der Waals surface area contributed by atoms with Gasteiger partial charge < -0.3 is 10.4 Å². The van der Waals surface area contributed by atoms with E-state index in [-0.39, 0.29) is 21.4 Å². The van der Waals surface area contributed by atoms with E-state index in [1.807, 2.05) is 48.5 Å². The van der Waals surface area contributed by atoms with Gasteiger partial charge in [-0.05, 0) is 59.0 Å². The van der Waals surface area contributed by atoms with Crippen molar-refractivity contribution >= 4 is 45.0 Å². The molecule has 0 aliphatic heterocycles. The number of carbonyl (C=O) groups is 1. The molecule has 4 aromatic rings. The van der Waals surface area contributed by atoms with Crippen LogP contribution >= 0.6 is 23.2 Å². The van der Waals surface area contributed by atoms with E-state index in [1.165, 1.54) is 18.2 Å². The van der Waals surface area contributed by atoms with Crippen LogP contribution in [0.5, 0.6) is 0 Å². The molecular weight excluding hydrogens is 533 g/mol. The van der Waals surface area contributed by atoms with Crippen molar-refractivity contribution in [3.8, 4) is 11.1 Å². The molecule has 0 spiro atoms. The number of aromatic nitrogens is 1. The van der Waals surface area contributed by atoms with E-state index in [9.17, 15) is 18.3 Å². The fourth-order valence-corrected chi connectivity index (χ4v) is 6.09. The summed E-state index contributed by atoms with van der Waals surface area (Å²) >= 11 is 12.0. The zero-order valence-corrected chi connectivity index (χ0v) is 21.8. The number of aliphatic carboxylic acids is 1. The molecule has 10 heteroatoms. The van der Waals surface area contributed by atoms with E-state index in [0.717, 1.165) is 22.5 Å². The quantitative estimate of drug-likeness (QED) is 0.233. The van der Waals surface area contributed by atoms with Gasteiger partial charge in [-0.2, -0.15) is 4.72 Å². The minimum atomic E-state index is -4.27. The molecule has 0 amide bonds. The minimum absolute atomic E-state index is 0.0645. The Morgan fingerprint density at radius 3 is 2.22 bits per heavy atom. The van der Waals surface area contributed by atoms with Gasteiger partial charge in [-0.15, -0.1) is 0 Å². The van der Waals surface area contributed by atoms with E-state index in [4.69, 9.17) is 23.2 Å². The highest BCUT2D eigenvalue weighted by Gasteiger charge is 2.29. The molecule has 1 atom stereocenters. The van der Waals surface area contributed by atoms with Gasteiger partial charge in [0.15, 0.2) is 0 Å². The molecule has 0 radical (unpaired) electrons. The number of carboxylic acid groups (broad SMARTS) is 1. The maximum absolute atomic E-state index is 12.8. The van der Waals surface area contributed by atoms with Gasteiger partial charge in [0, 0.05) is 12.7 Å². The Morgan fingerprint density at radius 1 is 0.865 bits per heavy atom. The average Bonchev–Trinajstić information content (AvgIpc) is 2.88. The smallest absolute Gasteiger partial charge is 0.322 e. The molecule has 7 nitrogen and oxygen atoms in total. The predicted molar refractivity (Wildman–Crippen MR) is 145 cm³/mol. The lowest BCUT2D eigenvalue weighted by Gasteiger charge is -2.16. The largest absolute Gasteiger partial charge is 0.480 e. The molecule has 1 unspecified atom stereocenters. The van der Waals surface area contributed by atoms with Crippen molar-refractivity contribution in [1.29, 1.82) is 0 Å². The summed E-state index contributed by atoms with van der Waals surface area (Å²) in [6.45, 7) is 0.610. The third kappa shape index (κ3) is 6.87. The fourth-order valence-electron chi connectivity index (χ4n) is 3.75. The van der Waals surface area contributed by atoms with Gasteiger partial charge in [0.1, 0.15) is 16.8 Å². The second-order valence-electron chi connectivity index (χ2n) is 8.23. The number of carboxylic acids is 1. The topological polar surface area (TPSA) is 108 Å². The Morgan fingerprint density at radius 2 is 1.57 bits per heavy atom. The number of rotatable bonds is 10. The van der Waals surface area contributed by atoms with Crippen LogP contribution in [-0.4, -0.2) is 30.5 Å². The molecule has 1 aromatic heterocycles. The molecule has 1 heterocycles. The number of anilines is 1. The van der Waals surface area contributed by atoms with Crippen molar-refractivity contribution < 1.29 is 18.3 Å². The highest BCUT2D eigenvalue weighted by molar-refractivity contribution is 7.89. The maximum atomic E-state index is 12.8. The number of halogens is 2. The molecule has 3 aromatic carbocycles. The Balaban J connectivity index is 1.46. The van der Waals surface area contributed by atoms with Crippen LogP contribution in [0.25, 0.3) is 11.1 Å². The van der Waals surface area contributed by atoms with Crippen molar-refractivity contribution in [3.63, 3.8) is 0 Å². The molecule has 3 N–H and O–H groups in total. The number of pyridine rings is 1. The monoisotopic (exact) mass is 555 g/mol. The summed E-state index contributed by atoms with van der Waals surface area (Å²) in [7, 11) is -4.27. The average molecular weight is 556 g/mol. The number of benzene rings is 3. The van der Waals surface area contributed by atoms with Crippen molar-refractivity contribution in [2.24, 2.45) is 0 Å². The van der Waals surface area contributed by atoms with Gasteiger partial charge >= 0.3 is 5.97 Å². The lowest BCUT2D eigenvalue weighted by atomic mass is 9.99. The van der Waals surface area contributed by atoms with Crippen LogP contribution in [0.15, 0.2) is 96.0 Å². The first kappa shape index (κ1) is 26.6. The Bertz CT molecular complexity index is 1480. The third-order valence-corrected chi connectivity index (χ3v) is 8.00. The molecule has 0 aliphatic rings. The molecule has 0 fully saturated rings. The second-order valence-corrected chi connectivity index (χ2v) is 10.7. The highest BCUT2D eigenvalue weighted by atomic mass is 35.5. The van der Waals surface area contributed by atoms with Gasteiger partial charge in [0.2, 0.25) is 10.0 Å². The van der Waals surface area contributed by atoms with E-state index in [1.54, 1.807) is 18.3 Å². The van der Waals surface area contributed by atoms with Crippen molar-refractivity contribution in [2.45, 2.75) is 23.9 Å². The zero-order chi connectivity index (χ0) is 26.4. The first-order chi connectivity index (χ1) is 17.7. The van der Waals surface area contributed by atoms with Crippen LogP contribution in [0.4, 0.5) is 5.82 Å². The molecule has 4 rings (SSSR count). The minimum Gasteiger partial charge on any atom is -0.480 e. The van der Waals surface area contributed by atoms with Crippen LogP contribution in [0, 0.1) is 0 Å². The SMILES string of the molecule is O=C(O)C(Cc1ccc(-c2cccc(CNc3ccccn3)c2)cc1)NS(=O)(=O)c1c(Cl)cccc1Cl. The summed E-state index contributed by atoms with van der Waals surface area (Å²) < 4.78 is 27.9. The molecule has 0 saturated heterocycles. The van der Waals surface area contributed by atoms with Gasteiger partial charge in [-0.1, -0.05) is 77.8 Å². The molecule has 0 saturated carbocycles. The van der Waals surface area contributed by atoms with Gasteiger partial charge in [0.25, 0.3) is 0 Å². The normalized spacial score (nSPS) is 12.2. The van der Waals surface area contributed by atoms with Gasteiger partial charge in [-0.25, -0.2) is 13.4 Å². The number of hydrogen-bond acceptors (Lipinski definition) is 5. The van der Waals surface area contributed by atoms with E-state index in [0.29, 0.717) is 12.1 Å². The van der Waals surface area contributed by atoms with Crippen molar-refractivity contribution in [2.75, 3.05) is 5.32 Å². The molecule has 0 bridgehead atoms. The van der Waals surface area contributed by atoms with Crippen LogP contribution in [0.2, 0.25) is 10.0 Å². The summed E-state index contributed by atoms with van der Waals surface area (Å²) in [4.78, 5) is 15.8. The second kappa shape index (κ2) is 11.7. The maximum Gasteiger partial charge on any atom is 0.322 e. The predicted octanol–water partition coefficient (Wildman–Crippen LogP) is 5.64. The lowest BCUT2D eigenvalue weighted by Crippen LogP contribution is -2.42. The van der Waals surface area contributed by atoms with Crippen LogP contribution in [0.1, 0.15) is 11.1 Å². The molecule has 0 aliphatic carbocycles.